The number of thioether (sulfide) groups is 1. The smallest absolute Gasteiger partial charge is 0.311 e. The predicted molar refractivity (Wildman–Crippen MR) is 64.2 cm³/mol. The molecule has 18 heavy (non-hydrogen) atoms. The first-order valence-corrected chi connectivity index (χ1v) is 6.22. The van der Waals surface area contributed by atoms with Crippen molar-refractivity contribution in [2.45, 2.75) is 17.6 Å². The number of rotatable bonds is 4. The van der Waals surface area contributed by atoms with E-state index in [0.29, 0.717) is 18.1 Å². The van der Waals surface area contributed by atoms with Crippen LogP contribution in [0.25, 0.3) is 0 Å². The molecule has 1 aromatic rings. The van der Waals surface area contributed by atoms with Crippen LogP contribution < -0.4 is 0 Å². The van der Waals surface area contributed by atoms with Gasteiger partial charge in [-0.05, 0) is 12.1 Å². The Kier molecular flexibility index (Phi) is 4.35. The van der Waals surface area contributed by atoms with Gasteiger partial charge in [-0.25, -0.2) is 0 Å². The van der Waals surface area contributed by atoms with E-state index in [1.165, 1.54) is 0 Å². The van der Waals surface area contributed by atoms with Gasteiger partial charge in [0.05, 0.1) is 13.2 Å². The zero-order chi connectivity index (χ0) is 13.0. The van der Waals surface area contributed by atoms with Crippen LogP contribution in [0.4, 0.5) is 0 Å². The fourth-order valence-electron chi connectivity index (χ4n) is 1.53. The number of carboxylic acid groups (broad SMARTS) is 1. The molecule has 0 radical (unpaired) electrons. The molecule has 1 aliphatic rings. The second-order valence-electron chi connectivity index (χ2n) is 3.69. The van der Waals surface area contributed by atoms with E-state index in [1.54, 1.807) is 12.1 Å². The predicted octanol–water partition coefficient (Wildman–Crippen LogP) is 1.83. The summed E-state index contributed by atoms with van der Waals surface area (Å²) in [7, 11) is 0. The molecule has 0 spiro atoms. The van der Waals surface area contributed by atoms with Crippen LogP contribution in [0.15, 0.2) is 29.2 Å². The summed E-state index contributed by atoms with van der Waals surface area (Å²) in [4.78, 5) is 22.4. The zero-order valence-electron chi connectivity index (χ0n) is 9.50. The standard InChI is InChI=1S/C12H12O5S/c13-10(14)7-11(15)18-9-3-1-8(2-4-9)12-16-5-6-17-12/h1-4,12H,5-7H2,(H,13,14). The van der Waals surface area contributed by atoms with Crippen LogP contribution in [-0.2, 0) is 19.1 Å². The monoisotopic (exact) mass is 268 g/mol. The molecule has 0 atom stereocenters. The molecule has 2 rings (SSSR count). The third kappa shape index (κ3) is 3.56. The molecule has 0 amide bonds. The Morgan fingerprint density at radius 2 is 1.83 bits per heavy atom. The highest BCUT2D eigenvalue weighted by atomic mass is 32.2. The molecule has 0 bridgehead atoms. The van der Waals surface area contributed by atoms with Crippen LogP contribution >= 0.6 is 11.8 Å². The van der Waals surface area contributed by atoms with E-state index in [2.05, 4.69) is 0 Å². The molecule has 1 fully saturated rings. The molecule has 5 nitrogen and oxygen atoms in total. The van der Waals surface area contributed by atoms with Crippen LogP contribution in [0.5, 0.6) is 0 Å². The van der Waals surface area contributed by atoms with Gasteiger partial charge >= 0.3 is 5.97 Å². The molecule has 96 valence electrons. The molecule has 1 heterocycles. The van der Waals surface area contributed by atoms with Crippen molar-refractivity contribution in [3.63, 3.8) is 0 Å². The number of hydrogen-bond acceptors (Lipinski definition) is 5. The van der Waals surface area contributed by atoms with Gasteiger partial charge in [-0.3, -0.25) is 9.59 Å². The number of carboxylic acids is 1. The average Bonchev–Trinajstić information content (AvgIpc) is 2.82. The lowest BCUT2D eigenvalue weighted by molar-refractivity contribution is -0.138. The van der Waals surface area contributed by atoms with E-state index in [4.69, 9.17) is 14.6 Å². The Morgan fingerprint density at radius 3 is 2.39 bits per heavy atom. The quantitative estimate of drug-likeness (QED) is 0.663. The van der Waals surface area contributed by atoms with Gasteiger partial charge in [-0.1, -0.05) is 23.9 Å². The molecule has 0 aromatic heterocycles. The van der Waals surface area contributed by atoms with E-state index in [9.17, 15) is 9.59 Å². The Bertz CT molecular complexity index is 436. The lowest BCUT2D eigenvalue weighted by atomic mass is 10.2. The topological polar surface area (TPSA) is 72.8 Å². The Labute approximate surface area is 108 Å². The lowest BCUT2D eigenvalue weighted by Gasteiger charge is -2.09. The van der Waals surface area contributed by atoms with Crippen molar-refractivity contribution in [3.05, 3.63) is 29.8 Å². The zero-order valence-corrected chi connectivity index (χ0v) is 10.3. The van der Waals surface area contributed by atoms with Gasteiger partial charge in [0, 0.05) is 10.5 Å². The molecule has 0 saturated carbocycles. The van der Waals surface area contributed by atoms with Gasteiger partial charge in [0.15, 0.2) is 6.29 Å². The van der Waals surface area contributed by atoms with E-state index in [1.807, 2.05) is 12.1 Å². The molecule has 0 aliphatic carbocycles. The SMILES string of the molecule is O=C(O)CC(=O)Sc1ccc(C2OCCO2)cc1. The minimum atomic E-state index is -1.11. The van der Waals surface area contributed by atoms with Crippen LogP contribution in [0, 0.1) is 0 Å². The van der Waals surface area contributed by atoms with E-state index >= 15 is 0 Å². The first-order chi connectivity index (χ1) is 8.65. The van der Waals surface area contributed by atoms with E-state index < -0.39 is 12.4 Å². The summed E-state index contributed by atoms with van der Waals surface area (Å²) < 4.78 is 10.7. The summed E-state index contributed by atoms with van der Waals surface area (Å²) in [5.74, 6) is -1.11. The van der Waals surface area contributed by atoms with E-state index in [-0.39, 0.29) is 11.4 Å². The minimum absolute atomic E-state index is 0.334. The van der Waals surface area contributed by atoms with Crippen LogP contribution in [0.1, 0.15) is 18.3 Å². The van der Waals surface area contributed by atoms with Crippen LogP contribution in [0.3, 0.4) is 0 Å². The molecular formula is C12H12O5S. The van der Waals surface area contributed by atoms with Gasteiger partial charge in [0.1, 0.15) is 6.42 Å². The second-order valence-corrected chi connectivity index (χ2v) is 4.82. The van der Waals surface area contributed by atoms with Crippen molar-refractivity contribution in [2.24, 2.45) is 0 Å². The Morgan fingerprint density at radius 1 is 1.22 bits per heavy atom. The highest BCUT2D eigenvalue weighted by Gasteiger charge is 2.18. The molecule has 1 aliphatic heterocycles. The van der Waals surface area contributed by atoms with Crippen molar-refractivity contribution in [2.75, 3.05) is 13.2 Å². The van der Waals surface area contributed by atoms with Crippen molar-refractivity contribution >= 4 is 22.8 Å². The molecule has 1 aromatic carbocycles. The third-order valence-electron chi connectivity index (χ3n) is 2.30. The molecule has 6 heteroatoms. The Balaban J connectivity index is 1.94. The summed E-state index contributed by atoms with van der Waals surface area (Å²) in [5.41, 5.74) is 0.891. The fraction of sp³-hybridized carbons (Fsp3) is 0.333. The van der Waals surface area contributed by atoms with Gasteiger partial charge < -0.3 is 14.6 Å². The summed E-state index contributed by atoms with van der Waals surface area (Å²) in [6.07, 6.45) is -0.805. The fourth-order valence-corrected chi connectivity index (χ4v) is 2.27. The van der Waals surface area contributed by atoms with Crippen molar-refractivity contribution in [3.8, 4) is 0 Å². The number of carbonyl (C=O) groups excluding carboxylic acids is 1. The lowest BCUT2D eigenvalue weighted by Crippen LogP contribution is -2.02. The number of hydrogen-bond donors (Lipinski definition) is 1. The number of benzene rings is 1. The maximum atomic E-state index is 11.3. The average molecular weight is 268 g/mol. The highest BCUT2D eigenvalue weighted by Crippen LogP contribution is 2.26. The van der Waals surface area contributed by atoms with Gasteiger partial charge in [0.2, 0.25) is 5.12 Å². The number of ether oxygens (including phenoxy) is 2. The van der Waals surface area contributed by atoms with Crippen molar-refractivity contribution in [1.82, 2.24) is 0 Å². The maximum absolute atomic E-state index is 11.3. The van der Waals surface area contributed by atoms with Crippen LogP contribution in [0.2, 0.25) is 0 Å². The van der Waals surface area contributed by atoms with Gasteiger partial charge in [-0.15, -0.1) is 0 Å². The summed E-state index contributed by atoms with van der Waals surface area (Å²) in [6.45, 7) is 1.16. The Hall–Kier alpha value is -1.37. The minimum Gasteiger partial charge on any atom is -0.481 e. The molecular weight excluding hydrogens is 256 g/mol. The molecule has 0 unspecified atom stereocenters. The first-order valence-electron chi connectivity index (χ1n) is 5.41. The largest absolute Gasteiger partial charge is 0.481 e. The number of aliphatic carboxylic acids is 1. The third-order valence-corrected chi connectivity index (χ3v) is 3.18. The maximum Gasteiger partial charge on any atom is 0.311 e. The highest BCUT2D eigenvalue weighted by molar-refractivity contribution is 8.13. The first kappa shape index (κ1) is 13.1. The van der Waals surface area contributed by atoms with Crippen LogP contribution in [-0.4, -0.2) is 29.4 Å². The summed E-state index contributed by atoms with van der Waals surface area (Å²) in [5, 5.41) is 8.10. The van der Waals surface area contributed by atoms with Gasteiger partial charge in [0.25, 0.3) is 0 Å². The van der Waals surface area contributed by atoms with Gasteiger partial charge in [-0.2, -0.15) is 0 Å². The summed E-state index contributed by atoms with van der Waals surface area (Å²) >= 11 is 0.922. The number of carbonyl (C=O) groups is 2. The van der Waals surface area contributed by atoms with Crippen molar-refractivity contribution in [1.29, 1.82) is 0 Å². The van der Waals surface area contributed by atoms with Crippen molar-refractivity contribution < 1.29 is 24.2 Å². The second kappa shape index (κ2) is 5.99. The molecule has 1 N–H and O–H groups in total. The van der Waals surface area contributed by atoms with E-state index in [0.717, 1.165) is 17.3 Å². The normalized spacial score (nSPS) is 15.8. The molecule has 1 saturated heterocycles. The summed E-state index contributed by atoms with van der Waals surface area (Å²) in [6, 6.07) is 7.13.